The van der Waals surface area contributed by atoms with Crippen LogP contribution < -0.4 is 10.1 Å². The first-order chi connectivity index (χ1) is 12.5. The zero-order valence-electron chi connectivity index (χ0n) is 13.6. The van der Waals surface area contributed by atoms with Gasteiger partial charge in [0.05, 0.1) is 21.7 Å². The summed E-state index contributed by atoms with van der Waals surface area (Å²) in [5, 5.41) is 13.3. The van der Waals surface area contributed by atoms with Gasteiger partial charge in [-0.25, -0.2) is 4.99 Å². The lowest BCUT2D eigenvalue weighted by molar-refractivity contribution is -0.115. The quantitative estimate of drug-likeness (QED) is 0.569. The number of phenols is 1. The van der Waals surface area contributed by atoms with Crippen molar-refractivity contribution in [1.82, 2.24) is 5.32 Å². The zero-order chi connectivity index (χ0) is 18.7. The molecule has 1 aliphatic heterocycles. The average Bonchev–Trinajstić information content (AvgIpc) is 2.94. The molecule has 1 fully saturated rings. The number of hydrogen-bond acceptors (Lipinski definition) is 5. The van der Waals surface area contributed by atoms with E-state index in [0.29, 0.717) is 26.9 Å². The summed E-state index contributed by atoms with van der Waals surface area (Å²) in [5.41, 5.74) is 1.47. The molecule has 2 N–H and O–H groups in total. The molecule has 1 aliphatic rings. The Bertz CT molecular complexity index is 929. The van der Waals surface area contributed by atoms with Gasteiger partial charge in [-0.05, 0) is 86.5 Å². The Morgan fingerprint density at radius 3 is 2.77 bits per heavy atom. The number of rotatable bonds is 4. The average molecular weight is 498 g/mol. The van der Waals surface area contributed by atoms with Gasteiger partial charge in [0.1, 0.15) is 0 Å². The number of aliphatic imine (C=N–C) groups is 1. The molecule has 134 valence electrons. The molecular weight excluding hydrogens is 484 g/mol. The summed E-state index contributed by atoms with van der Waals surface area (Å²) >= 11 is 8.00. The van der Waals surface area contributed by atoms with E-state index in [0.717, 1.165) is 15.7 Å². The molecule has 2 aromatic rings. The third kappa shape index (κ3) is 4.31. The van der Waals surface area contributed by atoms with Crippen LogP contribution in [0.4, 0.5) is 5.69 Å². The Hall–Kier alpha value is -1.77. The minimum atomic E-state index is -0.219. The number of aromatic hydroxyl groups is 1. The summed E-state index contributed by atoms with van der Waals surface area (Å²) < 4.78 is 6.77. The van der Waals surface area contributed by atoms with E-state index < -0.39 is 0 Å². The normalized spacial score (nSPS) is 17.0. The van der Waals surface area contributed by atoms with Crippen molar-refractivity contribution in [2.24, 2.45) is 4.99 Å². The van der Waals surface area contributed by atoms with Gasteiger partial charge >= 0.3 is 0 Å². The van der Waals surface area contributed by atoms with E-state index in [2.05, 4.69) is 42.2 Å². The summed E-state index contributed by atoms with van der Waals surface area (Å²) in [5.74, 6) is 0.177. The number of thioether (sulfide) groups is 1. The van der Waals surface area contributed by atoms with Crippen LogP contribution in [0, 0.1) is 0 Å². The fourth-order valence-corrected chi connectivity index (χ4v) is 3.89. The van der Waals surface area contributed by atoms with Crippen molar-refractivity contribution in [2.75, 3.05) is 6.61 Å². The minimum Gasteiger partial charge on any atom is -0.503 e. The highest BCUT2D eigenvalue weighted by molar-refractivity contribution is 9.11. The zero-order valence-corrected chi connectivity index (χ0v) is 17.6. The molecular formula is C18H14Br2N2O3S. The summed E-state index contributed by atoms with van der Waals surface area (Å²) in [6.45, 7) is 2.27. The van der Waals surface area contributed by atoms with Crippen LogP contribution in [0.25, 0.3) is 6.08 Å². The molecule has 0 unspecified atom stereocenters. The van der Waals surface area contributed by atoms with E-state index in [1.807, 2.05) is 31.2 Å². The number of phenolic OH excluding ortho intramolecular Hbond substituents is 1. The van der Waals surface area contributed by atoms with Crippen LogP contribution >= 0.6 is 43.6 Å². The molecule has 0 aliphatic carbocycles. The van der Waals surface area contributed by atoms with E-state index in [1.165, 1.54) is 11.8 Å². The highest BCUT2D eigenvalue weighted by Gasteiger charge is 2.24. The fourth-order valence-electron chi connectivity index (χ4n) is 2.23. The Morgan fingerprint density at radius 1 is 1.27 bits per heavy atom. The van der Waals surface area contributed by atoms with Crippen molar-refractivity contribution in [2.45, 2.75) is 6.92 Å². The number of carbonyl (C=O) groups excluding carboxylic acids is 1. The maximum atomic E-state index is 12.2. The summed E-state index contributed by atoms with van der Waals surface area (Å²) in [6, 6.07) is 10.9. The molecule has 2 aromatic carbocycles. The second kappa shape index (κ2) is 8.28. The number of amides is 1. The number of amidine groups is 1. The minimum absolute atomic E-state index is 0.0358. The second-order valence-corrected chi connectivity index (χ2v) is 7.95. The highest BCUT2D eigenvalue weighted by atomic mass is 79.9. The number of nitrogens with zero attached hydrogens (tertiary/aromatic N) is 1. The van der Waals surface area contributed by atoms with Crippen molar-refractivity contribution < 1.29 is 14.6 Å². The van der Waals surface area contributed by atoms with Crippen molar-refractivity contribution >= 4 is 66.5 Å². The third-order valence-electron chi connectivity index (χ3n) is 3.37. The van der Waals surface area contributed by atoms with Gasteiger partial charge in [-0.2, -0.15) is 0 Å². The van der Waals surface area contributed by atoms with Crippen LogP contribution in [0.3, 0.4) is 0 Å². The van der Waals surface area contributed by atoms with E-state index in [1.54, 1.807) is 18.2 Å². The topological polar surface area (TPSA) is 70.9 Å². The number of nitrogens with one attached hydrogen (secondary N) is 1. The molecule has 0 saturated carbocycles. The van der Waals surface area contributed by atoms with Gasteiger partial charge < -0.3 is 15.2 Å². The summed E-state index contributed by atoms with van der Waals surface area (Å²) in [7, 11) is 0. The molecule has 5 nitrogen and oxygen atoms in total. The van der Waals surface area contributed by atoms with E-state index >= 15 is 0 Å². The first-order valence-corrected chi connectivity index (χ1v) is 10.1. The number of para-hydroxylation sites is 1. The summed E-state index contributed by atoms with van der Waals surface area (Å²) in [6.07, 6.45) is 1.73. The van der Waals surface area contributed by atoms with E-state index in [4.69, 9.17) is 4.74 Å². The number of carbonyl (C=O) groups is 1. The maximum absolute atomic E-state index is 12.2. The molecule has 8 heteroatoms. The van der Waals surface area contributed by atoms with Crippen molar-refractivity contribution in [3.8, 4) is 11.5 Å². The lowest BCUT2D eigenvalue weighted by Gasteiger charge is -2.08. The van der Waals surface area contributed by atoms with Gasteiger partial charge in [0, 0.05) is 4.47 Å². The first kappa shape index (κ1) is 19.0. The molecule has 0 spiro atoms. The highest BCUT2D eigenvalue weighted by Crippen LogP contribution is 2.37. The van der Waals surface area contributed by atoms with Gasteiger partial charge in [0.25, 0.3) is 5.91 Å². The standard InChI is InChI=1S/C18H14Br2N2O3S/c1-2-25-14-8-10(7-12(20)16(14)23)9-15-17(24)22-18(26-15)21-13-6-4-3-5-11(13)19/h3-9,23H,2H2,1H3,(H,21,22,24)/b15-9+. The van der Waals surface area contributed by atoms with E-state index in [9.17, 15) is 9.90 Å². The predicted octanol–water partition coefficient (Wildman–Crippen LogP) is 5.21. The van der Waals surface area contributed by atoms with Crippen molar-refractivity contribution in [3.63, 3.8) is 0 Å². The van der Waals surface area contributed by atoms with Crippen LogP contribution in [0.15, 0.2) is 55.2 Å². The summed E-state index contributed by atoms with van der Waals surface area (Å²) in [4.78, 5) is 17.2. The van der Waals surface area contributed by atoms with Gasteiger partial charge in [0.2, 0.25) is 0 Å². The molecule has 1 saturated heterocycles. The van der Waals surface area contributed by atoms with E-state index in [-0.39, 0.29) is 11.7 Å². The Labute approximate surface area is 171 Å². The third-order valence-corrected chi connectivity index (χ3v) is 5.56. The predicted molar refractivity (Wildman–Crippen MR) is 112 cm³/mol. The van der Waals surface area contributed by atoms with Crippen molar-refractivity contribution in [1.29, 1.82) is 0 Å². The Kier molecular flexibility index (Phi) is 6.05. The molecule has 3 rings (SSSR count). The molecule has 1 amide bonds. The van der Waals surface area contributed by atoms with Gasteiger partial charge in [0.15, 0.2) is 16.7 Å². The van der Waals surface area contributed by atoms with Crippen LogP contribution in [-0.4, -0.2) is 22.8 Å². The van der Waals surface area contributed by atoms with Crippen LogP contribution in [0.1, 0.15) is 12.5 Å². The first-order valence-electron chi connectivity index (χ1n) is 7.67. The smallest absolute Gasteiger partial charge is 0.264 e. The number of hydrogen-bond donors (Lipinski definition) is 2. The number of halogens is 2. The van der Waals surface area contributed by atoms with Crippen molar-refractivity contribution in [3.05, 3.63) is 55.8 Å². The van der Waals surface area contributed by atoms with Crippen LogP contribution in [-0.2, 0) is 4.79 Å². The maximum Gasteiger partial charge on any atom is 0.264 e. The molecule has 0 atom stereocenters. The lowest BCUT2D eigenvalue weighted by atomic mass is 10.2. The SMILES string of the molecule is CCOc1cc(/C=C2/SC(=Nc3ccccc3Br)NC2=O)cc(Br)c1O. The van der Waals surface area contributed by atoms with Gasteiger partial charge in [-0.15, -0.1) is 0 Å². The van der Waals surface area contributed by atoms with Crippen LogP contribution in [0.5, 0.6) is 11.5 Å². The van der Waals surface area contributed by atoms with Gasteiger partial charge in [-0.1, -0.05) is 12.1 Å². The number of ether oxygens (including phenoxy) is 1. The van der Waals surface area contributed by atoms with Gasteiger partial charge in [-0.3, -0.25) is 4.79 Å². The molecule has 0 aromatic heterocycles. The molecule has 0 bridgehead atoms. The number of benzene rings is 2. The fraction of sp³-hybridized carbons (Fsp3) is 0.111. The lowest BCUT2D eigenvalue weighted by Crippen LogP contribution is -2.19. The largest absolute Gasteiger partial charge is 0.503 e. The van der Waals surface area contributed by atoms with Crippen LogP contribution in [0.2, 0.25) is 0 Å². The monoisotopic (exact) mass is 496 g/mol. The Balaban J connectivity index is 1.89. The Morgan fingerprint density at radius 2 is 2.04 bits per heavy atom. The molecule has 0 radical (unpaired) electrons. The molecule has 1 heterocycles. The molecule has 26 heavy (non-hydrogen) atoms. The second-order valence-electron chi connectivity index (χ2n) is 5.22.